The molecule has 0 saturated carbocycles. The van der Waals surface area contributed by atoms with E-state index in [0.717, 1.165) is 38.6 Å². The van der Waals surface area contributed by atoms with Crippen molar-refractivity contribution in [2.75, 3.05) is 24.6 Å². The van der Waals surface area contributed by atoms with Gasteiger partial charge >= 0.3 is 0 Å². The maximum Gasteiger partial charge on any atom is 0.300 e. The Labute approximate surface area is 151 Å². The van der Waals surface area contributed by atoms with Gasteiger partial charge in [0.1, 0.15) is 5.82 Å². The summed E-state index contributed by atoms with van der Waals surface area (Å²) in [6, 6.07) is 10.3. The summed E-state index contributed by atoms with van der Waals surface area (Å²) in [5.41, 5.74) is 13.7. The highest BCUT2D eigenvalue weighted by molar-refractivity contribution is 5.73. The fourth-order valence-electron chi connectivity index (χ4n) is 2.74. The molecule has 0 radical (unpaired) electrons. The van der Waals surface area contributed by atoms with Crippen LogP contribution in [0.2, 0.25) is 0 Å². The molecule has 138 valence electrons. The number of rotatable bonds is 3. The van der Waals surface area contributed by atoms with Crippen LogP contribution in [0.3, 0.4) is 0 Å². The molecule has 1 aromatic heterocycles. The molecule has 2 heterocycles. The Morgan fingerprint density at radius 2 is 1.96 bits per heavy atom. The van der Waals surface area contributed by atoms with Gasteiger partial charge in [-0.3, -0.25) is 19.5 Å². The third kappa shape index (κ3) is 5.45. The molecule has 1 aliphatic heterocycles. The van der Waals surface area contributed by atoms with Gasteiger partial charge in [0.2, 0.25) is 5.95 Å². The normalized spacial score (nSPS) is 14.1. The number of H-pyrrole nitrogens is 1. The summed E-state index contributed by atoms with van der Waals surface area (Å²) in [5.74, 6) is -0.586. The van der Waals surface area contributed by atoms with Crippen LogP contribution in [0, 0.1) is 0 Å². The Balaban J connectivity index is 0.000000552. The molecular weight excluding hydrogens is 334 g/mol. The number of nitrogens with one attached hydrogen (secondary N) is 1. The Kier molecular flexibility index (Phi) is 6.51. The molecule has 0 saturated heterocycles. The molecule has 0 fully saturated rings. The summed E-state index contributed by atoms with van der Waals surface area (Å²) < 4.78 is 0. The van der Waals surface area contributed by atoms with Crippen LogP contribution in [0.4, 0.5) is 11.8 Å². The van der Waals surface area contributed by atoms with Crippen molar-refractivity contribution in [3.8, 4) is 0 Å². The zero-order valence-electron chi connectivity index (χ0n) is 14.6. The number of nitrogens with two attached hydrogens (primary N) is 2. The van der Waals surface area contributed by atoms with Crippen LogP contribution in [0.15, 0.2) is 41.2 Å². The van der Waals surface area contributed by atoms with Crippen LogP contribution in [-0.4, -0.2) is 39.0 Å². The van der Waals surface area contributed by atoms with E-state index in [2.05, 4.69) is 27.0 Å². The van der Waals surface area contributed by atoms with Gasteiger partial charge in [-0.05, 0) is 17.6 Å². The van der Waals surface area contributed by atoms with E-state index in [4.69, 9.17) is 21.4 Å². The average molecular weight is 357 g/mol. The molecule has 0 spiro atoms. The van der Waals surface area contributed by atoms with E-state index in [-0.39, 0.29) is 17.3 Å². The fourth-order valence-corrected chi connectivity index (χ4v) is 2.74. The molecule has 0 unspecified atom stereocenters. The predicted octanol–water partition coefficient (Wildman–Crippen LogP) is 1.31. The number of aromatic nitrogens is 2. The Morgan fingerprint density at radius 1 is 1.31 bits per heavy atom. The van der Waals surface area contributed by atoms with Gasteiger partial charge in [-0.15, -0.1) is 0 Å². The predicted molar refractivity (Wildman–Crippen MR) is 101 cm³/mol. The lowest BCUT2D eigenvalue weighted by molar-refractivity contribution is -0.134. The molecule has 2 aromatic rings. The van der Waals surface area contributed by atoms with E-state index >= 15 is 0 Å². The largest absolute Gasteiger partial charge is 0.481 e. The molecule has 26 heavy (non-hydrogen) atoms. The maximum absolute atomic E-state index is 12.0. The second-order valence-electron chi connectivity index (χ2n) is 5.93. The number of aliphatic carboxylic acids is 1. The van der Waals surface area contributed by atoms with Gasteiger partial charge in [-0.25, -0.2) is 0 Å². The Hall–Kier alpha value is -3.13. The fraction of sp³-hybridized carbons (Fsp3) is 0.278. The van der Waals surface area contributed by atoms with Gasteiger partial charge in [-0.1, -0.05) is 36.4 Å². The van der Waals surface area contributed by atoms with Crippen molar-refractivity contribution < 1.29 is 9.90 Å². The Morgan fingerprint density at radius 3 is 2.50 bits per heavy atom. The van der Waals surface area contributed by atoms with Gasteiger partial charge in [0.15, 0.2) is 0 Å². The summed E-state index contributed by atoms with van der Waals surface area (Å²) in [4.78, 5) is 29.8. The van der Waals surface area contributed by atoms with Gasteiger partial charge in [-0.2, -0.15) is 4.98 Å². The first-order valence-corrected chi connectivity index (χ1v) is 8.17. The van der Waals surface area contributed by atoms with E-state index in [0.29, 0.717) is 5.56 Å². The number of nitrogens with zero attached hydrogens (tertiary/aromatic N) is 2. The summed E-state index contributed by atoms with van der Waals surface area (Å²) in [7, 11) is 0. The van der Waals surface area contributed by atoms with Gasteiger partial charge < -0.3 is 16.6 Å². The molecule has 8 heteroatoms. The summed E-state index contributed by atoms with van der Waals surface area (Å²) in [6.45, 7) is 3.65. The number of carbonyl (C=O) groups is 1. The van der Waals surface area contributed by atoms with Crippen LogP contribution < -0.4 is 17.0 Å². The van der Waals surface area contributed by atoms with E-state index in [9.17, 15) is 4.79 Å². The molecule has 1 aromatic carbocycles. The third-order valence-corrected chi connectivity index (χ3v) is 3.83. The first-order chi connectivity index (χ1) is 12.4. The molecular formula is C18H23N5O3. The van der Waals surface area contributed by atoms with Crippen LogP contribution in [0.25, 0.3) is 5.57 Å². The molecule has 8 nitrogen and oxygen atoms in total. The molecule has 6 N–H and O–H groups in total. The summed E-state index contributed by atoms with van der Waals surface area (Å²) in [6.07, 6.45) is 2.82. The molecule has 1 aliphatic rings. The topological polar surface area (TPSA) is 138 Å². The first-order valence-electron chi connectivity index (χ1n) is 8.17. The smallest absolute Gasteiger partial charge is 0.300 e. The highest BCUT2D eigenvalue weighted by Crippen LogP contribution is 2.23. The van der Waals surface area contributed by atoms with E-state index in [1.807, 2.05) is 24.3 Å². The second-order valence-corrected chi connectivity index (χ2v) is 5.93. The SMILES string of the molecule is CC(=O)O.Nc1nc(N)c(C2=CCN(Cc3ccccc3)CC2)c(=O)[nH]1. The van der Waals surface area contributed by atoms with Crippen molar-refractivity contribution >= 4 is 23.3 Å². The summed E-state index contributed by atoms with van der Waals surface area (Å²) in [5, 5.41) is 7.42. The lowest BCUT2D eigenvalue weighted by Gasteiger charge is -2.26. The number of carboxylic acid groups (broad SMARTS) is 1. The molecule has 0 aliphatic carbocycles. The monoisotopic (exact) mass is 357 g/mol. The molecule has 0 atom stereocenters. The van der Waals surface area contributed by atoms with Crippen molar-refractivity contribution in [1.82, 2.24) is 14.9 Å². The standard InChI is InChI=1S/C16H19N5O.C2H4O2/c17-14-13(15(22)20-16(18)19-14)12-6-8-21(9-7-12)10-11-4-2-1-3-5-11;1-2(3)4/h1-6H,7-10H2,(H5,17,18,19,20,22);1H3,(H,3,4). The number of nitrogen functional groups attached to an aromatic ring is 2. The minimum absolute atomic E-state index is 0.0494. The van der Waals surface area contributed by atoms with Crippen molar-refractivity contribution in [2.45, 2.75) is 19.9 Å². The molecule has 3 rings (SSSR count). The average Bonchev–Trinajstić information content (AvgIpc) is 2.56. The second kappa shape index (κ2) is 8.82. The van der Waals surface area contributed by atoms with Crippen LogP contribution >= 0.6 is 0 Å². The highest BCUT2D eigenvalue weighted by Gasteiger charge is 2.18. The lowest BCUT2D eigenvalue weighted by Crippen LogP contribution is -2.29. The van der Waals surface area contributed by atoms with E-state index in [1.54, 1.807) is 0 Å². The van der Waals surface area contributed by atoms with Crippen LogP contribution in [0.1, 0.15) is 24.5 Å². The first kappa shape index (κ1) is 19.2. The van der Waals surface area contributed by atoms with E-state index in [1.165, 1.54) is 5.56 Å². The minimum Gasteiger partial charge on any atom is -0.481 e. The molecule has 0 bridgehead atoms. The number of anilines is 2. The zero-order valence-corrected chi connectivity index (χ0v) is 14.6. The van der Waals surface area contributed by atoms with Crippen LogP contribution in [0.5, 0.6) is 0 Å². The number of hydrogen-bond donors (Lipinski definition) is 4. The highest BCUT2D eigenvalue weighted by atomic mass is 16.4. The Bertz CT molecular complexity index is 842. The number of hydrogen-bond acceptors (Lipinski definition) is 6. The van der Waals surface area contributed by atoms with Crippen LogP contribution in [-0.2, 0) is 11.3 Å². The number of benzene rings is 1. The minimum atomic E-state index is -0.833. The van der Waals surface area contributed by atoms with Crippen molar-refractivity contribution in [3.05, 3.63) is 57.9 Å². The number of aromatic amines is 1. The van der Waals surface area contributed by atoms with Crippen molar-refractivity contribution in [3.63, 3.8) is 0 Å². The third-order valence-electron chi connectivity index (χ3n) is 3.83. The van der Waals surface area contributed by atoms with Crippen molar-refractivity contribution in [1.29, 1.82) is 0 Å². The van der Waals surface area contributed by atoms with Gasteiger partial charge in [0.25, 0.3) is 11.5 Å². The van der Waals surface area contributed by atoms with Gasteiger partial charge in [0.05, 0.1) is 5.56 Å². The summed E-state index contributed by atoms with van der Waals surface area (Å²) >= 11 is 0. The molecule has 0 amide bonds. The maximum atomic E-state index is 12.0. The van der Waals surface area contributed by atoms with E-state index < -0.39 is 5.97 Å². The quantitative estimate of drug-likeness (QED) is 0.649. The van der Waals surface area contributed by atoms with Gasteiger partial charge in [0, 0.05) is 26.6 Å². The zero-order chi connectivity index (χ0) is 19.1. The lowest BCUT2D eigenvalue weighted by atomic mass is 10.0. The van der Waals surface area contributed by atoms with Crippen molar-refractivity contribution in [2.24, 2.45) is 0 Å². The number of carboxylic acids is 1.